The first kappa shape index (κ1) is 22.2. The molecule has 0 fully saturated rings. The monoisotopic (exact) mass is 470 g/mol. The van der Waals surface area contributed by atoms with E-state index in [-0.39, 0.29) is 11.8 Å². The minimum Gasteiger partial charge on any atom is -0.350 e. The highest BCUT2D eigenvalue weighted by molar-refractivity contribution is 8.00. The highest BCUT2D eigenvalue weighted by atomic mass is 32.2. The number of carbonyl (C=O) groups excluding carboxylic acids is 2. The molecule has 0 bridgehead atoms. The minimum atomic E-state index is -0.135. The summed E-state index contributed by atoms with van der Waals surface area (Å²) in [5.41, 5.74) is 4.82. The van der Waals surface area contributed by atoms with Crippen LogP contribution < -0.4 is 10.2 Å². The maximum Gasteiger partial charge on any atom is 0.252 e. The van der Waals surface area contributed by atoms with Crippen molar-refractivity contribution in [2.45, 2.75) is 24.8 Å². The molecule has 7 heteroatoms. The first-order valence-corrected chi connectivity index (χ1v) is 12.4. The van der Waals surface area contributed by atoms with Crippen LogP contribution in [-0.2, 0) is 17.8 Å². The zero-order chi connectivity index (χ0) is 23.5. The van der Waals surface area contributed by atoms with Crippen LogP contribution in [0.5, 0.6) is 0 Å². The highest BCUT2D eigenvalue weighted by Crippen LogP contribution is 2.29. The van der Waals surface area contributed by atoms with Gasteiger partial charge in [0.2, 0.25) is 5.91 Å². The Hall–Kier alpha value is -3.58. The van der Waals surface area contributed by atoms with Crippen molar-refractivity contribution < 1.29 is 9.59 Å². The predicted molar refractivity (Wildman–Crippen MR) is 136 cm³/mol. The van der Waals surface area contributed by atoms with Gasteiger partial charge in [-0.05, 0) is 49.2 Å². The van der Waals surface area contributed by atoms with E-state index in [1.165, 1.54) is 17.3 Å². The second-order valence-corrected chi connectivity index (χ2v) is 9.28. The van der Waals surface area contributed by atoms with Gasteiger partial charge in [0.25, 0.3) is 5.91 Å². The molecule has 0 aliphatic carbocycles. The summed E-state index contributed by atoms with van der Waals surface area (Å²) in [6, 6.07) is 23.5. The molecule has 0 spiro atoms. The first-order valence-electron chi connectivity index (χ1n) is 11.4. The molecule has 6 nitrogen and oxygen atoms in total. The van der Waals surface area contributed by atoms with Crippen LogP contribution in [0.3, 0.4) is 0 Å². The number of rotatable bonds is 7. The van der Waals surface area contributed by atoms with Crippen LogP contribution in [0.1, 0.15) is 21.7 Å². The summed E-state index contributed by atoms with van der Waals surface area (Å²) in [4.78, 5) is 33.1. The van der Waals surface area contributed by atoms with E-state index < -0.39 is 0 Å². The van der Waals surface area contributed by atoms with Gasteiger partial charge in [0.15, 0.2) is 0 Å². The molecule has 2 amide bonds. The van der Waals surface area contributed by atoms with Crippen LogP contribution >= 0.6 is 11.8 Å². The number of aromatic nitrogens is 2. The average molecular weight is 471 g/mol. The zero-order valence-corrected chi connectivity index (χ0v) is 19.8. The molecule has 5 rings (SSSR count). The molecule has 2 heterocycles. The SMILES string of the molecule is Cc1nc2ccccc2n1CCNC(=O)c1ccccc1SCC(=O)N1CCc2ccccc21. The van der Waals surface area contributed by atoms with Gasteiger partial charge in [-0.15, -0.1) is 11.8 Å². The molecule has 1 aliphatic heterocycles. The Morgan fingerprint density at radius 1 is 1.00 bits per heavy atom. The number of nitrogens with zero attached hydrogens (tertiary/aromatic N) is 3. The second kappa shape index (κ2) is 9.73. The van der Waals surface area contributed by atoms with Crippen molar-refractivity contribution in [1.29, 1.82) is 0 Å². The number of nitrogens with one attached hydrogen (secondary N) is 1. The van der Waals surface area contributed by atoms with Gasteiger partial charge < -0.3 is 14.8 Å². The summed E-state index contributed by atoms with van der Waals surface area (Å²) in [6.45, 7) is 3.82. The maximum atomic E-state index is 13.0. The van der Waals surface area contributed by atoms with E-state index in [1.807, 2.05) is 78.6 Å². The van der Waals surface area contributed by atoms with E-state index in [1.54, 1.807) is 0 Å². The van der Waals surface area contributed by atoms with Crippen molar-refractivity contribution in [2.75, 3.05) is 23.7 Å². The number of amides is 2. The molecular weight excluding hydrogens is 444 g/mol. The Kier molecular flexibility index (Phi) is 6.36. The third-order valence-corrected chi connectivity index (χ3v) is 7.20. The molecule has 0 radical (unpaired) electrons. The minimum absolute atomic E-state index is 0.0626. The molecule has 3 aromatic carbocycles. The smallest absolute Gasteiger partial charge is 0.252 e. The quantitative estimate of drug-likeness (QED) is 0.405. The Morgan fingerprint density at radius 3 is 2.68 bits per heavy atom. The van der Waals surface area contributed by atoms with Crippen LogP contribution in [0.15, 0.2) is 77.7 Å². The summed E-state index contributed by atoms with van der Waals surface area (Å²) in [5, 5.41) is 3.03. The molecule has 0 unspecified atom stereocenters. The summed E-state index contributed by atoms with van der Waals surface area (Å²) < 4.78 is 2.11. The molecule has 0 saturated carbocycles. The largest absolute Gasteiger partial charge is 0.350 e. The molecule has 1 aromatic heterocycles. The Bertz CT molecular complexity index is 1360. The van der Waals surface area contributed by atoms with Gasteiger partial charge in [-0.25, -0.2) is 4.98 Å². The number of fused-ring (bicyclic) bond motifs is 2. The second-order valence-electron chi connectivity index (χ2n) is 8.26. The highest BCUT2D eigenvalue weighted by Gasteiger charge is 2.24. The summed E-state index contributed by atoms with van der Waals surface area (Å²) in [7, 11) is 0. The fourth-order valence-corrected chi connectivity index (χ4v) is 5.38. The standard InChI is InChI=1S/C27H26N4O2S/c1-19-29-22-10-4-6-12-24(22)30(19)17-15-28-27(33)21-9-3-7-13-25(21)34-18-26(32)31-16-14-20-8-2-5-11-23(20)31/h2-13H,14-18H2,1H3,(H,28,33). The van der Waals surface area contributed by atoms with Crippen molar-refractivity contribution in [3.63, 3.8) is 0 Å². The Morgan fingerprint density at radius 2 is 1.76 bits per heavy atom. The number of hydrogen-bond donors (Lipinski definition) is 1. The zero-order valence-electron chi connectivity index (χ0n) is 19.0. The van der Waals surface area contributed by atoms with E-state index in [0.717, 1.165) is 33.9 Å². The Balaban J connectivity index is 1.21. The molecule has 34 heavy (non-hydrogen) atoms. The Labute approximate surface area is 203 Å². The predicted octanol–water partition coefficient (Wildman–Crippen LogP) is 4.46. The van der Waals surface area contributed by atoms with Gasteiger partial charge in [0, 0.05) is 30.2 Å². The molecule has 0 atom stereocenters. The van der Waals surface area contributed by atoms with Crippen LogP contribution in [-0.4, -0.2) is 40.2 Å². The lowest BCUT2D eigenvalue weighted by Gasteiger charge is -2.17. The number of aryl methyl sites for hydroxylation is 1. The van der Waals surface area contributed by atoms with E-state index in [9.17, 15) is 9.59 Å². The topological polar surface area (TPSA) is 67.2 Å². The van der Waals surface area contributed by atoms with E-state index >= 15 is 0 Å². The van der Waals surface area contributed by atoms with Gasteiger partial charge in [-0.1, -0.05) is 42.5 Å². The number of thioether (sulfide) groups is 1. The summed E-state index contributed by atoms with van der Waals surface area (Å²) in [6.07, 6.45) is 0.886. The van der Waals surface area contributed by atoms with Gasteiger partial charge in [0.1, 0.15) is 5.82 Å². The third kappa shape index (κ3) is 4.43. The van der Waals surface area contributed by atoms with E-state index in [4.69, 9.17) is 0 Å². The lowest BCUT2D eigenvalue weighted by Crippen LogP contribution is -2.30. The normalized spacial score (nSPS) is 12.7. The molecule has 4 aromatic rings. The van der Waals surface area contributed by atoms with E-state index in [2.05, 4.69) is 20.9 Å². The van der Waals surface area contributed by atoms with Crippen LogP contribution in [0.4, 0.5) is 5.69 Å². The van der Waals surface area contributed by atoms with Crippen LogP contribution in [0.25, 0.3) is 11.0 Å². The van der Waals surface area contributed by atoms with Gasteiger partial charge in [-0.3, -0.25) is 9.59 Å². The number of anilines is 1. The first-order chi connectivity index (χ1) is 16.6. The van der Waals surface area contributed by atoms with Crippen molar-refractivity contribution in [3.05, 3.63) is 89.7 Å². The number of benzene rings is 3. The average Bonchev–Trinajstić information content (AvgIpc) is 3.43. The maximum absolute atomic E-state index is 13.0. The number of imidazole rings is 1. The summed E-state index contributed by atoms with van der Waals surface area (Å²) >= 11 is 1.41. The lowest BCUT2D eigenvalue weighted by atomic mass is 10.2. The number of para-hydroxylation sites is 3. The summed E-state index contributed by atoms with van der Waals surface area (Å²) in [5.74, 6) is 1.14. The van der Waals surface area contributed by atoms with Crippen molar-refractivity contribution in [3.8, 4) is 0 Å². The van der Waals surface area contributed by atoms with Gasteiger partial charge >= 0.3 is 0 Å². The molecule has 1 N–H and O–H groups in total. The van der Waals surface area contributed by atoms with Crippen molar-refractivity contribution in [1.82, 2.24) is 14.9 Å². The fourth-order valence-electron chi connectivity index (χ4n) is 4.45. The van der Waals surface area contributed by atoms with Gasteiger partial charge in [-0.2, -0.15) is 0 Å². The molecule has 1 aliphatic rings. The van der Waals surface area contributed by atoms with Crippen LogP contribution in [0.2, 0.25) is 0 Å². The van der Waals surface area contributed by atoms with E-state index in [0.29, 0.717) is 31.0 Å². The third-order valence-electron chi connectivity index (χ3n) is 6.14. The molecule has 0 saturated heterocycles. The van der Waals surface area contributed by atoms with Crippen molar-refractivity contribution in [2.24, 2.45) is 0 Å². The molecular formula is C27H26N4O2S. The molecule has 172 valence electrons. The fraction of sp³-hybridized carbons (Fsp3) is 0.222. The van der Waals surface area contributed by atoms with Crippen LogP contribution in [0, 0.1) is 6.92 Å². The van der Waals surface area contributed by atoms with Crippen molar-refractivity contribution >= 4 is 40.3 Å². The van der Waals surface area contributed by atoms with Gasteiger partial charge in [0.05, 0.1) is 22.3 Å². The number of carbonyl (C=O) groups is 2. The number of hydrogen-bond acceptors (Lipinski definition) is 4. The lowest BCUT2D eigenvalue weighted by molar-refractivity contribution is -0.116.